The van der Waals surface area contributed by atoms with Gasteiger partial charge in [0, 0.05) is 0 Å². The number of allylic oxidation sites excluding steroid dienone is 1. The Bertz CT molecular complexity index is 129. The number of rotatable bonds is 2. The molecule has 0 aromatic carbocycles. The van der Waals surface area contributed by atoms with Crippen LogP contribution in [0.3, 0.4) is 0 Å². The third kappa shape index (κ3) is 4.25. The molecule has 0 aliphatic rings. The van der Waals surface area contributed by atoms with Gasteiger partial charge in [-0.05, 0) is 0 Å². The first kappa shape index (κ1) is 8.73. The van der Waals surface area contributed by atoms with E-state index in [0.29, 0.717) is 15.0 Å². The van der Waals surface area contributed by atoms with Gasteiger partial charge in [-0.1, -0.05) is 0 Å². The van der Waals surface area contributed by atoms with Gasteiger partial charge in [-0.3, -0.25) is 0 Å². The zero-order valence-corrected chi connectivity index (χ0v) is 7.52. The summed E-state index contributed by atoms with van der Waals surface area (Å²) in [6, 6.07) is 0. The second kappa shape index (κ2) is 4.59. The molecule has 0 saturated heterocycles. The van der Waals surface area contributed by atoms with Gasteiger partial charge in [-0.25, -0.2) is 0 Å². The number of carbonyl (C=O) groups is 1. The van der Waals surface area contributed by atoms with Gasteiger partial charge in [0.25, 0.3) is 0 Å². The molecule has 0 fully saturated rings. The van der Waals surface area contributed by atoms with Crippen LogP contribution in [0.2, 0.25) is 5.82 Å². The molecule has 0 atom stereocenters. The Hall–Kier alpha value is -0.271. The normalized spacial score (nSPS) is 11.2. The average molecular weight is 193 g/mol. The van der Waals surface area contributed by atoms with E-state index in [2.05, 4.69) is 10.6 Å². The van der Waals surface area contributed by atoms with E-state index in [4.69, 9.17) is 0 Å². The monoisotopic (exact) mass is 194 g/mol. The van der Waals surface area contributed by atoms with Crippen molar-refractivity contribution in [1.29, 1.82) is 0 Å². The van der Waals surface area contributed by atoms with Crippen molar-refractivity contribution in [2.75, 3.05) is 7.11 Å². The molecular formula is C6H10O2Se. The minimum absolute atomic E-state index is 0.253. The first-order valence-corrected chi connectivity index (χ1v) is 5.08. The molecule has 0 unspecified atom stereocenters. The Kier molecular flexibility index (Phi) is 4.46. The van der Waals surface area contributed by atoms with E-state index in [1.807, 2.05) is 6.92 Å². The van der Waals surface area contributed by atoms with E-state index in [9.17, 15) is 4.79 Å². The molecule has 0 N–H and O–H groups in total. The predicted octanol–water partition coefficient (Wildman–Crippen LogP) is 0.815. The van der Waals surface area contributed by atoms with Crippen molar-refractivity contribution in [3.8, 4) is 0 Å². The molecule has 0 rings (SSSR count). The van der Waals surface area contributed by atoms with Crippen LogP contribution in [0, 0.1) is 0 Å². The summed E-state index contributed by atoms with van der Waals surface area (Å²) < 4.78 is 5.52. The Balaban J connectivity index is 3.79. The van der Waals surface area contributed by atoms with Crippen LogP contribution < -0.4 is 0 Å². The van der Waals surface area contributed by atoms with Crippen LogP contribution in [0.5, 0.6) is 0 Å². The quantitative estimate of drug-likeness (QED) is 0.368. The van der Waals surface area contributed by atoms with Gasteiger partial charge in [0.15, 0.2) is 0 Å². The molecule has 0 aliphatic carbocycles. The van der Waals surface area contributed by atoms with E-state index in [1.54, 1.807) is 0 Å². The van der Waals surface area contributed by atoms with E-state index in [1.165, 1.54) is 13.2 Å². The summed E-state index contributed by atoms with van der Waals surface area (Å²) in [5.74, 6) is 1.80. The molecule has 0 spiro atoms. The average Bonchev–Trinajstić information content (AvgIpc) is 1.87. The molecular weight excluding hydrogens is 183 g/mol. The Morgan fingerprint density at radius 1 is 1.67 bits per heavy atom. The van der Waals surface area contributed by atoms with Gasteiger partial charge in [-0.2, -0.15) is 0 Å². The van der Waals surface area contributed by atoms with E-state index < -0.39 is 0 Å². The van der Waals surface area contributed by atoms with Crippen molar-refractivity contribution in [3.05, 3.63) is 10.5 Å². The van der Waals surface area contributed by atoms with Gasteiger partial charge in [-0.15, -0.1) is 0 Å². The Morgan fingerprint density at radius 3 is 2.56 bits per heavy atom. The zero-order valence-electron chi connectivity index (χ0n) is 5.80. The number of methoxy groups -OCH3 is 1. The first-order chi connectivity index (χ1) is 4.20. The molecule has 3 heteroatoms. The fraction of sp³-hybridized carbons (Fsp3) is 0.500. The molecule has 2 nitrogen and oxygen atoms in total. The van der Waals surface area contributed by atoms with Crippen LogP contribution in [0.4, 0.5) is 0 Å². The van der Waals surface area contributed by atoms with Crippen LogP contribution in [-0.2, 0) is 9.53 Å². The summed E-state index contributed by atoms with van der Waals surface area (Å²) >= 11 is 0.425. The Labute approximate surface area is 61.4 Å². The van der Waals surface area contributed by atoms with Crippen molar-refractivity contribution in [3.63, 3.8) is 0 Å². The number of ether oxygens (including phenoxy) is 1. The summed E-state index contributed by atoms with van der Waals surface area (Å²) in [4.78, 5) is 10.5. The van der Waals surface area contributed by atoms with Gasteiger partial charge >= 0.3 is 60.9 Å². The fourth-order valence-corrected chi connectivity index (χ4v) is 0.733. The maximum absolute atomic E-state index is 10.5. The van der Waals surface area contributed by atoms with E-state index >= 15 is 0 Å². The molecule has 52 valence electrons. The number of carbonyl (C=O) groups excluding carboxylic acids is 1. The molecule has 9 heavy (non-hydrogen) atoms. The summed E-state index contributed by atoms with van der Waals surface area (Å²) in [6.45, 7) is 1.93. The second-order valence-electron chi connectivity index (χ2n) is 1.48. The van der Waals surface area contributed by atoms with Gasteiger partial charge in [0.05, 0.1) is 0 Å². The fourth-order valence-electron chi connectivity index (χ4n) is 0.284. The van der Waals surface area contributed by atoms with Crippen molar-refractivity contribution in [2.45, 2.75) is 12.7 Å². The van der Waals surface area contributed by atoms with Gasteiger partial charge < -0.3 is 0 Å². The molecule has 0 amide bonds. The maximum atomic E-state index is 10.5. The molecule has 0 aliphatic heterocycles. The van der Waals surface area contributed by atoms with Crippen LogP contribution >= 0.6 is 0 Å². The van der Waals surface area contributed by atoms with Crippen molar-refractivity contribution < 1.29 is 9.53 Å². The van der Waals surface area contributed by atoms with Crippen LogP contribution in [0.1, 0.15) is 6.92 Å². The molecule has 0 bridgehead atoms. The number of hydrogen-bond acceptors (Lipinski definition) is 2. The van der Waals surface area contributed by atoms with Crippen molar-refractivity contribution in [1.82, 2.24) is 0 Å². The molecule has 0 aromatic heterocycles. The number of esters is 1. The third-order valence-corrected chi connectivity index (χ3v) is 2.44. The van der Waals surface area contributed by atoms with Crippen molar-refractivity contribution in [2.24, 2.45) is 0 Å². The molecule has 0 aromatic rings. The van der Waals surface area contributed by atoms with Gasteiger partial charge in [0.1, 0.15) is 0 Å². The summed E-state index contributed by atoms with van der Waals surface area (Å²) in [5.41, 5.74) is 0. The topological polar surface area (TPSA) is 26.3 Å². The number of hydrogen-bond donors (Lipinski definition) is 0. The van der Waals surface area contributed by atoms with E-state index in [-0.39, 0.29) is 5.97 Å². The van der Waals surface area contributed by atoms with Crippen LogP contribution in [0.15, 0.2) is 10.5 Å². The molecule has 0 radical (unpaired) electrons. The predicted molar refractivity (Wildman–Crippen MR) is 37.4 cm³/mol. The summed E-state index contributed by atoms with van der Waals surface area (Å²) in [5, 5.41) is 0. The summed E-state index contributed by atoms with van der Waals surface area (Å²) in [7, 11) is 1.38. The van der Waals surface area contributed by atoms with Crippen LogP contribution in [-0.4, -0.2) is 28.0 Å². The van der Waals surface area contributed by atoms with Crippen LogP contribution in [0.25, 0.3) is 0 Å². The van der Waals surface area contributed by atoms with Crippen molar-refractivity contribution >= 4 is 20.9 Å². The standard InChI is InChI=1S/C6H10O2Se/c1-5(9-3)4-6(7)8-2/h4H,1-3H3/b5-4-. The third-order valence-electron chi connectivity index (χ3n) is 0.844. The first-order valence-electron chi connectivity index (χ1n) is 2.51. The second-order valence-corrected chi connectivity index (χ2v) is 3.69. The van der Waals surface area contributed by atoms with E-state index in [0.717, 1.165) is 4.47 Å². The molecule has 0 heterocycles. The van der Waals surface area contributed by atoms with Gasteiger partial charge in [0.2, 0.25) is 0 Å². The SMILES string of the molecule is COC(=O)/C=C(/C)[Se]C. The molecule has 0 saturated carbocycles. The summed E-state index contributed by atoms with van der Waals surface area (Å²) in [6.07, 6.45) is 1.53. The minimum atomic E-state index is -0.253. The zero-order chi connectivity index (χ0) is 7.28. The Morgan fingerprint density at radius 2 is 2.22 bits per heavy atom.